The number of aromatic amines is 1. The lowest BCUT2D eigenvalue weighted by molar-refractivity contribution is 0.0945. The van der Waals surface area contributed by atoms with Gasteiger partial charge in [0.05, 0.1) is 0 Å². The Morgan fingerprint density at radius 1 is 1.19 bits per heavy atom. The molecule has 3 aromatic heterocycles. The summed E-state index contributed by atoms with van der Waals surface area (Å²) in [6.45, 7) is 0.491. The van der Waals surface area contributed by atoms with Crippen LogP contribution in [0.25, 0.3) is 10.9 Å². The lowest BCUT2D eigenvalue weighted by atomic mass is 10.1. The number of halogens is 1. The Morgan fingerprint density at radius 3 is 2.89 bits per heavy atom. The van der Waals surface area contributed by atoms with E-state index < -0.39 is 0 Å². The first-order valence-corrected chi connectivity index (χ1v) is 8.95. The predicted octanol–water partition coefficient (Wildman–Crippen LogP) is 3.77. The average Bonchev–Trinajstić information content (AvgIpc) is 3.30. The highest BCUT2D eigenvalue weighted by molar-refractivity contribution is 6.31. The van der Waals surface area contributed by atoms with Gasteiger partial charge in [0, 0.05) is 53.5 Å². The standard InChI is InChI=1S/C20H17ClN4O2/c21-15-1-2-18-17(10-15)14(12-24-18)5-8-23-20(26)19-11-16(27-25-19)9-13-3-6-22-7-4-13/h1-4,6-7,10-12,24H,5,8-9H2,(H,23,26). The third-order valence-electron chi connectivity index (χ3n) is 4.33. The Kier molecular flexibility index (Phi) is 4.89. The molecule has 0 spiro atoms. The second-order valence-electron chi connectivity index (χ2n) is 6.22. The van der Waals surface area contributed by atoms with Crippen molar-refractivity contribution in [1.29, 1.82) is 0 Å². The topological polar surface area (TPSA) is 83.8 Å². The van der Waals surface area contributed by atoms with Crippen molar-refractivity contribution in [1.82, 2.24) is 20.4 Å². The van der Waals surface area contributed by atoms with E-state index in [1.807, 2.05) is 36.5 Å². The number of carbonyl (C=O) groups excluding carboxylic acids is 1. The van der Waals surface area contributed by atoms with Gasteiger partial charge in [-0.3, -0.25) is 9.78 Å². The number of benzene rings is 1. The van der Waals surface area contributed by atoms with Gasteiger partial charge >= 0.3 is 0 Å². The van der Waals surface area contributed by atoms with Crippen LogP contribution in [0, 0.1) is 0 Å². The monoisotopic (exact) mass is 380 g/mol. The number of rotatable bonds is 6. The molecule has 0 aliphatic rings. The molecule has 7 heteroatoms. The molecule has 0 saturated heterocycles. The molecule has 136 valence electrons. The molecular formula is C20H17ClN4O2. The molecule has 6 nitrogen and oxygen atoms in total. The number of hydrogen-bond donors (Lipinski definition) is 2. The van der Waals surface area contributed by atoms with E-state index in [0.29, 0.717) is 30.2 Å². The van der Waals surface area contributed by atoms with Gasteiger partial charge in [0.1, 0.15) is 5.76 Å². The van der Waals surface area contributed by atoms with Crippen LogP contribution in [-0.4, -0.2) is 27.6 Å². The summed E-state index contributed by atoms with van der Waals surface area (Å²) in [6.07, 6.45) is 6.64. The van der Waals surface area contributed by atoms with Gasteiger partial charge in [-0.05, 0) is 47.9 Å². The normalized spacial score (nSPS) is 11.0. The minimum absolute atomic E-state index is 0.252. The molecular weight excluding hydrogens is 364 g/mol. The van der Waals surface area contributed by atoms with Gasteiger partial charge in [0.15, 0.2) is 5.69 Å². The van der Waals surface area contributed by atoms with Crippen LogP contribution >= 0.6 is 11.6 Å². The van der Waals surface area contributed by atoms with E-state index in [4.69, 9.17) is 16.1 Å². The van der Waals surface area contributed by atoms with E-state index in [1.165, 1.54) is 0 Å². The highest BCUT2D eigenvalue weighted by Crippen LogP contribution is 2.22. The van der Waals surface area contributed by atoms with Crippen molar-refractivity contribution in [2.24, 2.45) is 0 Å². The number of fused-ring (bicyclic) bond motifs is 1. The van der Waals surface area contributed by atoms with Crippen LogP contribution in [0.4, 0.5) is 0 Å². The summed E-state index contributed by atoms with van der Waals surface area (Å²) in [5, 5.41) is 8.50. The van der Waals surface area contributed by atoms with Gasteiger partial charge in [-0.2, -0.15) is 0 Å². The van der Waals surface area contributed by atoms with E-state index in [-0.39, 0.29) is 11.6 Å². The molecule has 1 aromatic carbocycles. The number of carbonyl (C=O) groups is 1. The SMILES string of the molecule is O=C(NCCc1c[nH]c2ccc(Cl)cc12)c1cc(Cc2ccncc2)on1. The third-order valence-corrected chi connectivity index (χ3v) is 4.56. The quantitative estimate of drug-likeness (QED) is 0.533. The van der Waals surface area contributed by atoms with Gasteiger partial charge in [-0.1, -0.05) is 16.8 Å². The number of pyridine rings is 1. The summed E-state index contributed by atoms with van der Waals surface area (Å²) in [6, 6.07) is 11.2. The van der Waals surface area contributed by atoms with Crippen LogP contribution in [0.5, 0.6) is 0 Å². The number of nitrogens with zero attached hydrogens (tertiary/aromatic N) is 2. The first-order chi connectivity index (χ1) is 13.2. The Morgan fingerprint density at radius 2 is 2.04 bits per heavy atom. The number of hydrogen-bond acceptors (Lipinski definition) is 4. The Labute approximate surface area is 160 Å². The van der Waals surface area contributed by atoms with Crippen molar-refractivity contribution in [3.63, 3.8) is 0 Å². The molecule has 27 heavy (non-hydrogen) atoms. The molecule has 0 radical (unpaired) electrons. The molecule has 0 saturated carbocycles. The predicted molar refractivity (Wildman–Crippen MR) is 103 cm³/mol. The lowest BCUT2D eigenvalue weighted by Gasteiger charge is -2.02. The molecule has 0 atom stereocenters. The fraction of sp³-hybridized carbons (Fsp3) is 0.150. The molecule has 3 heterocycles. The smallest absolute Gasteiger partial charge is 0.273 e. The van der Waals surface area contributed by atoms with E-state index in [0.717, 1.165) is 22.0 Å². The minimum Gasteiger partial charge on any atom is -0.361 e. The molecule has 4 aromatic rings. The van der Waals surface area contributed by atoms with Crippen molar-refractivity contribution in [3.05, 3.63) is 82.6 Å². The van der Waals surface area contributed by atoms with Crippen molar-refractivity contribution in [2.75, 3.05) is 6.54 Å². The number of H-pyrrole nitrogens is 1. The van der Waals surface area contributed by atoms with Gasteiger partial charge in [0.25, 0.3) is 5.91 Å². The van der Waals surface area contributed by atoms with E-state index in [9.17, 15) is 4.79 Å². The zero-order valence-corrected chi connectivity index (χ0v) is 15.2. The molecule has 0 aliphatic heterocycles. The summed E-state index contributed by atoms with van der Waals surface area (Å²) in [7, 11) is 0. The Bertz CT molecular complexity index is 1070. The lowest BCUT2D eigenvalue weighted by Crippen LogP contribution is -2.25. The molecule has 0 bridgehead atoms. The van der Waals surface area contributed by atoms with Gasteiger partial charge < -0.3 is 14.8 Å². The van der Waals surface area contributed by atoms with Crippen LogP contribution in [-0.2, 0) is 12.8 Å². The zero-order valence-electron chi connectivity index (χ0n) is 14.4. The molecule has 0 aliphatic carbocycles. The largest absolute Gasteiger partial charge is 0.361 e. The van der Waals surface area contributed by atoms with Crippen molar-refractivity contribution in [3.8, 4) is 0 Å². The molecule has 0 unspecified atom stereocenters. The maximum Gasteiger partial charge on any atom is 0.273 e. The summed E-state index contributed by atoms with van der Waals surface area (Å²) in [5.41, 5.74) is 3.46. The maximum atomic E-state index is 12.3. The van der Waals surface area contributed by atoms with E-state index in [2.05, 4.69) is 20.4 Å². The zero-order chi connectivity index (χ0) is 18.6. The second-order valence-corrected chi connectivity index (χ2v) is 6.66. The number of amides is 1. The molecule has 1 amide bonds. The van der Waals surface area contributed by atoms with E-state index in [1.54, 1.807) is 18.5 Å². The summed E-state index contributed by atoms with van der Waals surface area (Å²) in [5.74, 6) is 0.384. The highest BCUT2D eigenvalue weighted by atomic mass is 35.5. The number of aromatic nitrogens is 3. The molecule has 4 rings (SSSR count). The first kappa shape index (κ1) is 17.3. The van der Waals surface area contributed by atoms with Crippen molar-refractivity contribution in [2.45, 2.75) is 12.8 Å². The van der Waals surface area contributed by atoms with Crippen LogP contribution in [0.15, 0.2) is 59.5 Å². The summed E-state index contributed by atoms with van der Waals surface area (Å²) in [4.78, 5) is 19.5. The Hall–Kier alpha value is -3.12. The van der Waals surface area contributed by atoms with Gasteiger partial charge in [0.2, 0.25) is 0 Å². The molecule has 0 fully saturated rings. The van der Waals surface area contributed by atoms with Gasteiger partial charge in [-0.25, -0.2) is 0 Å². The molecule has 2 N–H and O–H groups in total. The fourth-order valence-electron chi connectivity index (χ4n) is 2.96. The summed E-state index contributed by atoms with van der Waals surface area (Å²) >= 11 is 6.07. The average molecular weight is 381 g/mol. The second kappa shape index (κ2) is 7.63. The van der Waals surface area contributed by atoms with Crippen LogP contribution < -0.4 is 5.32 Å². The van der Waals surface area contributed by atoms with Crippen LogP contribution in [0.2, 0.25) is 5.02 Å². The first-order valence-electron chi connectivity index (χ1n) is 8.57. The van der Waals surface area contributed by atoms with Crippen molar-refractivity contribution < 1.29 is 9.32 Å². The third kappa shape index (κ3) is 4.01. The fourth-order valence-corrected chi connectivity index (χ4v) is 3.14. The van der Waals surface area contributed by atoms with E-state index >= 15 is 0 Å². The highest BCUT2D eigenvalue weighted by Gasteiger charge is 2.13. The maximum absolute atomic E-state index is 12.3. The van der Waals surface area contributed by atoms with Crippen LogP contribution in [0.1, 0.15) is 27.4 Å². The minimum atomic E-state index is -0.252. The van der Waals surface area contributed by atoms with Crippen LogP contribution in [0.3, 0.4) is 0 Å². The summed E-state index contributed by atoms with van der Waals surface area (Å²) < 4.78 is 5.26. The number of nitrogens with one attached hydrogen (secondary N) is 2. The Balaban J connectivity index is 1.35. The van der Waals surface area contributed by atoms with Gasteiger partial charge in [-0.15, -0.1) is 0 Å². The van der Waals surface area contributed by atoms with Crippen molar-refractivity contribution >= 4 is 28.4 Å².